The molecule has 3 nitrogen and oxygen atoms in total. The van der Waals surface area contributed by atoms with Crippen LogP contribution in [0.15, 0.2) is 60.7 Å². The van der Waals surface area contributed by atoms with Gasteiger partial charge in [-0.2, -0.15) is 0 Å². The highest BCUT2D eigenvalue weighted by molar-refractivity contribution is 5.93. The van der Waals surface area contributed by atoms with Crippen LogP contribution in [0.25, 0.3) is 0 Å². The summed E-state index contributed by atoms with van der Waals surface area (Å²) in [6.45, 7) is 4.97. The Kier molecular flexibility index (Phi) is 8.31. The van der Waals surface area contributed by atoms with Crippen LogP contribution in [-0.2, 0) is 17.9 Å². The van der Waals surface area contributed by atoms with Gasteiger partial charge in [-0.25, -0.2) is 0 Å². The Morgan fingerprint density at radius 3 is 2.04 bits per heavy atom. The average Bonchev–Trinajstić information content (AvgIpc) is 2.63. The highest BCUT2D eigenvalue weighted by atomic mass is 16.1. The molecule has 0 aliphatic carbocycles. The maximum absolute atomic E-state index is 11.7. The van der Waals surface area contributed by atoms with E-state index >= 15 is 0 Å². The molecule has 0 bridgehead atoms. The topological polar surface area (TPSA) is 32.3 Å². The lowest BCUT2D eigenvalue weighted by Gasteiger charge is -2.20. The molecule has 0 radical (unpaired) electrons. The van der Waals surface area contributed by atoms with Crippen LogP contribution in [0.4, 0.5) is 0 Å². The van der Waals surface area contributed by atoms with Gasteiger partial charge in [0, 0.05) is 19.6 Å². The number of nitrogens with zero attached hydrogens (tertiary/aromatic N) is 1. The van der Waals surface area contributed by atoms with Crippen LogP contribution in [-0.4, -0.2) is 23.9 Å². The third-order valence-electron chi connectivity index (χ3n) is 3.82. The lowest BCUT2D eigenvalue weighted by atomic mass is 10.1. The molecule has 0 aromatic heterocycles. The van der Waals surface area contributed by atoms with Gasteiger partial charge in [-0.1, -0.05) is 79.9 Å². The SMILES string of the molecule is CCCCNC(=O)C#CCN(Cc1ccccc1)Cc1ccccc1. The minimum absolute atomic E-state index is 0.187. The molecule has 0 saturated heterocycles. The molecular weight excluding hydrogens is 308 g/mol. The molecule has 2 aromatic rings. The molecule has 0 unspecified atom stereocenters. The summed E-state index contributed by atoms with van der Waals surface area (Å²) >= 11 is 0. The molecule has 1 amide bonds. The van der Waals surface area contributed by atoms with E-state index in [2.05, 4.69) is 53.2 Å². The van der Waals surface area contributed by atoms with Crippen molar-refractivity contribution in [3.8, 4) is 11.8 Å². The van der Waals surface area contributed by atoms with Crippen molar-refractivity contribution in [2.45, 2.75) is 32.9 Å². The smallest absolute Gasteiger partial charge is 0.295 e. The third kappa shape index (κ3) is 7.69. The van der Waals surface area contributed by atoms with Crippen molar-refractivity contribution in [2.24, 2.45) is 0 Å². The van der Waals surface area contributed by atoms with Gasteiger partial charge < -0.3 is 5.32 Å². The highest BCUT2D eigenvalue weighted by Crippen LogP contribution is 2.09. The Hall–Kier alpha value is -2.57. The highest BCUT2D eigenvalue weighted by Gasteiger charge is 2.06. The lowest BCUT2D eigenvalue weighted by Crippen LogP contribution is -2.25. The summed E-state index contributed by atoms with van der Waals surface area (Å²) in [7, 11) is 0. The summed E-state index contributed by atoms with van der Waals surface area (Å²) in [5.41, 5.74) is 2.49. The van der Waals surface area contributed by atoms with Crippen molar-refractivity contribution < 1.29 is 4.79 Å². The molecule has 130 valence electrons. The van der Waals surface area contributed by atoms with E-state index in [1.54, 1.807) is 0 Å². The number of carbonyl (C=O) groups is 1. The maximum atomic E-state index is 11.7. The first-order chi connectivity index (χ1) is 12.3. The van der Waals surface area contributed by atoms with Gasteiger partial charge >= 0.3 is 0 Å². The van der Waals surface area contributed by atoms with E-state index in [-0.39, 0.29) is 5.91 Å². The van der Waals surface area contributed by atoms with Gasteiger partial charge in [-0.05, 0) is 23.5 Å². The van der Waals surface area contributed by atoms with Crippen molar-refractivity contribution in [1.29, 1.82) is 0 Å². The summed E-state index contributed by atoms with van der Waals surface area (Å²) in [4.78, 5) is 14.0. The van der Waals surface area contributed by atoms with Crippen LogP contribution in [0.1, 0.15) is 30.9 Å². The number of unbranched alkanes of at least 4 members (excludes halogenated alkanes) is 1. The minimum atomic E-state index is -0.187. The molecule has 0 aliphatic heterocycles. The minimum Gasteiger partial charge on any atom is -0.345 e. The fourth-order valence-corrected chi connectivity index (χ4v) is 2.51. The Morgan fingerprint density at radius 2 is 1.52 bits per heavy atom. The van der Waals surface area contributed by atoms with Gasteiger partial charge in [-0.15, -0.1) is 0 Å². The molecule has 3 heteroatoms. The normalized spacial score (nSPS) is 10.2. The predicted octanol–water partition coefficient (Wildman–Crippen LogP) is 3.61. The van der Waals surface area contributed by atoms with E-state index in [9.17, 15) is 4.79 Å². The number of hydrogen-bond donors (Lipinski definition) is 1. The van der Waals surface area contributed by atoms with Gasteiger partial charge in [0.2, 0.25) is 0 Å². The first-order valence-corrected chi connectivity index (χ1v) is 8.85. The largest absolute Gasteiger partial charge is 0.345 e. The molecular formula is C22H26N2O. The molecule has 0 atom stereocenters. The first-order valence-electron chi connectivity index (χ1n) is 8.85. The molecule has 25 heavy (non-hydrogen) atoms. The molecule has 2 rings (SSSR count). The van der Waals surface area contributed by atoms with Crippen molar-refractivity contribution >= 4 is 5.91 Å². The summed E-state index contributed by atoms with van der Waals surface area (Å²) in [5.74, 6) is 5.53. The molecule has 0 heterocycles. The van der Waals surface area contributed by atoms with E-state index in [1.165, 1.54) is 11.1 Å². The monoisotopic (exact) mass is 334 g/mol. The van der Waals surface area contributed by atoms with Crippen molar-refractivity contribution in [3.05, 3.63) is 71.8 Å². The fourth-order valence-electron chi connectivity index (χ4n) is 2.51. The maximum Gasteiger partial charge on any atom is 0.295 e. The second-order valence-electron chi connectivity index (χ2n) is 6.03. The van der Waals surface area contributed by atoms with E-state index < -0.39 is 0 Å². The van der Waals surface area contributed by atoms with Crippen LogP contribution in [0.2, 0.25) is 0 Å². The quantitative estimate of drug-likeness (QED) is 0.591. The average molecular weight is 334 g/mol. The van der Waals surface area contributed by atoms with Gasteiger partial charge in [0.1, 0.15) is 0 Å². The number of hydrogen-bond acceptors (Lipinski definition) is 2. The van der Waals surface area contributed by atoms with E-state index in [4.69, 9.17) is 0 Å². The van der Waals surface area contributed by atoms with Crippen LogP contribution in [0.3, 0.4) is 0 Å². The van der Waals surface area contributed by atoms with Crippen LogP contribution in [0, 0.1) is 11.8 Å². The Bertz CT molecular complexity index is 645. The van der Waals surface area contributed by atoms with E-state index in [1.807, 2.05) is 36.4 Å². The third-order valence-corrected chi connectivity index (χ3v) is 3.82. The summed E-state index contributed by atoms with van der Waals surface area (Å²) < 4.78 is 0. The van der Waals surface area contributed by atoms with Crippen LogP contribution >= 0.6 is 0 Å². The molecule has 0 saturated carbocycles. The molecule has 2 aromatic carbocycles. The standard InChI is InChI=1S/C22H26N2O/c1-2-3-16-23-22(25)15-10-17-24(18-20-11-6-4-7-12-20)19-21-13-8-5-9-14-21/h4-9,11-14H,2-3,16-19H2,1H3,(H,23,25). The number of benzene rings is 2. The van der Waals surface area contributed by atoms with Crippen molar-refractivity contribution in [1.82, 2.24) is 10.2 Å². The zero-order valence-corrected chi connectivity index (χ0v) is 14.9. The van der Waals surface area contributed by atoms with Gasteiger partial charge in [0.15, 0.2) is 0 Å². The molecule has 0 aliphatic rings. The summed E-state index contributed by atoms with van der Waals surface area (Å²) in [6.07, 6.45) is 2.05. The Labute approximate surface area is 151 Å². The van der Waals surface area contributed by atoms with Gasteiger partial charge in [0.25, 0.3) is 5.91 Å². The van der Waals surface area contributed by atoms with Crippen molar-refractivity contribution in [3.63, 3.8) is 0 Å². The second kappa shape index (κ2) is 11.1. The van der Waals surface area contributed by atoms with Gasteiger partial charge in [0.05, 0.1) is 6.54 Å². The summed E-state index contributed by atoms with van der Waals surface area (Å²) in [6, 6.07) is 20.7. The zero-order chi connectivity index (χ0) is 17.7. The number of rotatable bonds is 8. The molecule has 0 spiro atoms. The van der Waals surface area contributed by atoms with Crippen LogP contribution < -0.4 is 5.32 Å². The number of nitrogens with one attached hydrogen (secondary N) is 1. The van der Waals surface area contributed by atoms with E-state index in [0.29, 0.717) is 13.1 Å². The summed E-state index contributed by atoms with van der Waals surface area (Å²) in [5, 5.41) is 2.83. The first kappa shape index (κ1) is 18.8. The number of carbonyl (C=O) groups excluding carboxylic acids is 1. The fraction of sp³-hybridized carbons (Fsp3) is 0.318. The van der Waals surface area contributed by atoms with Gasteiger partial charge in [-0.3, -0.25) is 9.69 Å². The van der Waals surface area contributed by atoms with Crippen molar-refractivity contribution in [2.75, 3.05) is 13.1 Å². The molecule has 1 N–H and O–H groups in total. The molecule has 0 fully saturated rings. The second-order valence-corrected chi connectivity index (χ2v) is 6.03. The Morgan fingerprint density at radius 1 is 0.960 bits per heavy atom. The zero-order valence-electron chi connectivity index (χ0n) is 14.9. The lowest BCUT2D eigenvalue weighted by molar-refractivity contribution is -0.115. The van der Waals surface area contributed by atoms with E-state index in [0.717, 1.165) is 25.9 Å². The number of amides is 1. The van der Waals surface area contributed by atoms with Crippen LogP contribution in [0.5, 0.6) is 0 Å². The predicted molar refractivity (Wildman–Crippen MR) is 103 cm³/mol. The Balaban J connectivity index is 1.96.